The van der Waals surface area contributed by atoms with Crippen LogP contribution in [0, 0.1) is 0 Å². The van der Waals surface area contributed by atoms with Crippen LogP contribution >= 0.6 is 0 Å². The molecule has 1 fully saturated rings. The van der Waals surface area contributed by atoms with Gasteiger partial charge in [-0.05, 0) is 12.5 Å². The van der Waals surface area contributed by atoms with Crippen LogP contribution in [0.25, 0.3) is 0 Å². The molecule has 1 aliphatic rings. The highest BCUT2D eigenvalue weighted by molar-refractivity contribution is 5.19. The predicted molar refractivity (Wildman–Crippen MR) is 66.3 cm³/mol. The molecule has 4 heteroatoms. The maximum atomic E-state index is 5.78. The van der Waals surface area contributed by atoms with Gasteiger partial charge in [0.25, 0.3) is 0 Å². The third kappa shape index (κ3) is 3.26. The zero-order valence-corrected chi connectivity index (χ0v) is 10.4. The zero-order chi connectivity index (χ0) is 12.1. The molecule has 0 saturated carbocycles. The summed E-state index contributed by atoms with van der Waals surface area (Å²) in [7, 11) is 1.66. The summed E-state index contributed by atoms with van der Waals surface area (Å²) in [6.07, 6.45) is -0.209. The molecule has 1 aromatic rings. The minimum absolute atomic E-state index is 0.209. The summed E-state index contributed by atoms with van der Waals surface area (Å²) < 4.78 is 5.15. The van der Waals surface area contributed by atoms with E-state index in [9.17, 15) is 0 Å². The van der Waals surface area contributed by atoms with Gasteiger partial charge in [-0.25, -0.2) is 0 Å². The molecule has 1 aliphatic heterocycles. The van der Waals surface area contributed by atoms with Crippen LogP contribution in [0.2, 0.25) is 0 Å². The summed E-state index contributed by atoms with van der Waals surface area (Å²) >= 11 is 0. The van der Waals surface area contributed by atoms with Crippen molar-refractivity contribution in [2.24, 2.45) is 0 Å². The van der Waals surface area contributed by atoms with Crippen LogP contribution in [0.3, 0.4) is 0 Å². The van der Waals surface area contributed by atoms with Gasteiger partial charge in [-0.15, -0.1) is 0 Å². The summed E-state index contributed by atoms with van der Waals surface area (Å²) in [5.74, 6) is 0. The quantitative estimate of drug-likeness (QED) is 0.804. The predicted octanol–water partition coefficient (Wildman–Crippen LogP) is 1.56. The molecule has 2 unspecified atom stereocenters. The molecule has 2 rings (SSSR count). The van der Waals surface area contributed by atoms with Crippen LogP contribution in [0.5, 0.6) is 0 Å². The number of rotatable bonds is 4. The third-order valence-corrected chi connectivity index (χ3v) is 2.99. The average molecular weight is 236 g/mol. The molecule has 0 aromatic heterocycles. The number of hydroxylamine groups is 2. The molecule has 0 bridgehead atoms. The molecule has 4 nitrogen and oxygen atoms in total. The second kappa shape index (κ2) is 6.12. The SMILES string of the molecule is COC(C)ON1CCNCC1c1ccccc1. The van der Waals surface area contributed by atoms with Crippen molar-refractivity contribution in [1.29, 1.82) is 0 Å². The maximum Gasteiger partial charge on any atom is 0.174 e. The van der Waals surface area contributed by atoms with Crippen molar-refractivity contribution in [1.82, 2.24) is 10.4 Å². The van der Waals surface area contributed by atoms with Crippen molar-refractivity contribution < 1.29 is 9.57 Å². The summed E-state index contributed by atoms with van der Waals surface area (Å²) in [6, 6.07) is 10.7. The van der Waals surface area contributed by atoms with Gasteiger partial charge >= 0.3 is 0 Å². The Bertz CT molecular complexity index is 331. The summed E-state index contributed by atoms with van der Waals surface area (Å²) in [5.41, 5.74) is 1.27. The van der Waals surface area contributed by atoms with Gasteiger partial charge in [0.05, 0.1) is 6.04 Å². The monoisotopic (exact) mass is 236 g/mol. The Balaban J connectivity index is 2.07. The van der Waals surface area contributed by atoms with E-state index in [1.165, 1.54) is 5.56 Å². The molecule has 17 heavy (non-hydrogen) atoms. The Hall–Kier alpha value is -0.940. The first-order chi connectivity index (χ1) is 8.31. The number of benzene rings is 1. The van der Waals surface area contributed by atoms with Gasteiger partial charge in [0.1, 0.15) is 0 Å². The van der Waals surface area contributed by atoms with E-state index in [-0.39, 0.29) is 12.3 Å². The van der Waals surface area contributed by atoms with Crippen molar-refractivity contribution >= 4 is 0 Å². The van der Waals surface area contributed by atoms with Crippen molar-refractivity contribution in [2.75, 3.05) is 26.7 Å². The number of nitrogens with one attached hydrogen (secondary N) is 1. The fourth-order valence-corrected chi connectivity index (χ4v) is 2.00. The Morgan fingerprint density at radius 1 is 1.35 bits per heavy atom. The minimum atomic E-state index is -0.209. The van der Waals surface area contributed by atoms with Crippen molar-refractivity contribution in [2.45, 2.75) is 19.3 Å². The second-order valence-corrected chi connectivity index (χ2v) is 4.18. The van der Waals surface area contributed by atoms with Gasteiger partial charge in [-0.1, -0.05) is 30.3 Å². The van der Waals surface area contributed by atoms with Gasteiger partial charge in [-0.2, -0.15) is 5.06 Å². The Morgan fingerprint density at radius 2 is 2.12 bits per heavy atom. The average Bonchev–Trinajstić information content (AvgIpc) is 2.40. The van der Waals surface area contributed by atoms with Gasteiger partial charge in [0.2, 0.25) is 0 Å². The van der Waals surface area contributed by atoms with Crippen LogP contribution in [0.1, 0.15) is 18.5 Å². The molecule has 1 saturated heterocycles. The molecule has 94 valence electrons. The molecule has 1 N–H and O–H groups in total. The number of nitrogens with zero attached hydrogens (tertiary/aromatic N) is 1. The van der Waals surface area contributed by atoms with E-state index in [4.69, 9.17) is 9.57 Å². The molecular weight excluding hydrogens is 216 g/mol. The molecule has 0 aliphatic carbocycles. The second-order valence-electron chi connectivity index (χ2n) is 4.18. The normalized spacial score (nSPS) is 23.5. The van der Waals surface area contributed by atoms with Crippen molar-refractivity contribution in [3.05, 3.63) is 35.9 Å². The van der Waals surface area contributed by atoms with Crippen LogP contribution in [-0.2, 0) is 9.57 Å². The lowest BCUT2D eigenvalue weighted by molar-refractivity contribution is -0.287. The van der Waals surface area contributed by atoms with Gasteiger partial charge < -0.3 is 10.1 Å². The summed E-state index contributed by atoms with van der Waals surface area (Å²) in [4.78, 5) is 5.78. The van der Waals surface area contributed by atoms with Crippen LogP contribution in [0.15, 0.2) is 30.3 Å². The van der Waals surface area contributed by atoms with E-state index in [0.717, 1.165) is 19.6 Å². The van der Waals surface area contributed by atoms with Crippen molar-refractivity contribution in [3.63, 3.8) is 0 Å². The molecule has 1 heterocycles. The first-order valence-corrected chi connectivity index (χ1v) is 6.03. The minimum Gasteiger partial charge on any atom is -0.354 e. The molecule has 0 spiro atoms. The molecule has 2 atom stereocenters. The fourth-order valence-electron chi connectivity index (χ4n) is 2.00. The van der Waals surface area contributed by atoms with Crippen LogP contribution in [-0.4, -0.2) is 38.1 Å². The number of methoxy groups -OCH3 is 1. The zero-order valence-electron chi connectivity index (χ0n) is 10.4. The lowest BCUT2D eigenvalue weighted by atomic mass is 10.1. The summed E-state index contributed by atoms with van der Waals surface area (Å²) in [5, 5.41) is 5.41. The highest BCUT2D eigenvalue weighted by Gasteiger charge is 2.25. The molecular formula is C13H20N2O2. The van der Waals surface area contributed by atoms with E-state index in [1.54, 1.807) is 7.11 Å². The molecule has 0 amide bonds. The molecule has 0 radical (unpaired) electrons. The van der Waals surface area contributed by atoms with Gasteiger partial charge in [-0.3, -0.25) is 4.84 Å². The maximum absolute atomic E-state index is 5.78. The van der Waals surface area contributed by atoms with E-state index in [2.05, 4.69) is 29.6 Å². The fraction of sp³-hybridized carbons (Fsp3) is 0.538. The topological polar surface area (TPSA) is 33.7 Å². The van der Waals surface area contributed by atoms with Gasteiger partial charge in [0.15, 0.2) is 6.29 Å². The third-order valence-electron chi connectivity index (χ3n) is 2.99. The first kappa shape index (κ1) is 12.5. The van der Waals surface area contributed by atoms with E-state index in [1.807, 2.05) is 18.1 Å². The van der Waals surface area contributed by atoms with Crippen LogP contribution < -0.4 is 5.32 Å². The highest BCUT2D eigenvalue weighted by atomic mass is 16.8. The highest BCUT2D eigenvalue weighted by Crippen LogP contribution is 2.22. The van der Waals surface area contributed by atoms with E-state index >= 15 is 0 Å². The largest absolute Gasteiger partial charge is 0.354 e. The van der Waals surface area contributed by atoms with Crippen molar-refractivity contribution in [3.8, 4) is 0 Å². The Labute approximate surface area is 102 Å². The van der Waals surface area contributed by atoms with E-state index in [0.29, 0.717) is 0 Å². The van der Waals surface area contributed by atoms with Gasteiger partial charge in [0, 0.05) is 26.7 Å². The van der Waals surface area contributed by atoms with E-state index < -0.39 is 0 Å². The Kier molecular flexibility index (Phi) is 4.50. The number of hydrogen-bond acceptors (Lipinski definition) is 4. The molecule has 1 aromatic carbocycles. The standard InChI is InChI=1S/C13H20N2O2/c1-11(16-2)17-15-9-8-14-10-13(15)12-6-4-3-5-7-12/h3-7,11,13-14H,8-10H2,1-2H3. The number of piperazine rings is 1. The number of hydrogen-bond donors (Lipinski definition) is 1. The lowest BCUT2D eigenvalue weighted by Gasteiger charge is -2.36. The Morgan fingerprint density at radius 3 is 2.82 bits per heavy atom. The first-order valence-electron chi connectivity index (χ1n) is 6.03. The lowest BCUT2D eigenvalue weighted by Crippen LogP contribution is -2.47. The number of ether oxygens (including phenoxy) is 1. The summed E-state index contributed by atoms with van der Waals surface area (Å²) in [6.45, 7) is 4.62. The van der Waals surface area contributed by atoms with Crippen LogP contribution in [0.4, 0.5) is 0 Å². The smallest absolute Gasteiger partial charge is 0.174 e.